The summed E-state index contributed by atoms with van der Waals surface area (Å²) in [5, 5.41) is 3.28. The number of amides is 1. The molecule has 0 aliphatic rings. The van der Waals surface area contributed by atoms with Crippen LogP contribution in [0.2, 0.25) is 5.02 Å². The summed E-state index contributed by atoms with van der Waals surface area (Å²) in [7, 11) is 0. The summed E-state index contributed by atoms with van der Waals surface area (Å²) in [5.41, 5.74) is 3.68. The summed E-state index contributed by atoms with van der Waals surface area (Å²) in [4.78, 5) is 23.8. The van der Waals surface area contributed by atoms with Crippen LogP contribution in [0, 0.1) is 20.8 Å². The number of rotatable bonds is 3. The van der Waals surface area contributed by atoms with Crippen molar-refractivity contribution in [3.8, 4) is 0 Å². The van der Waals surface area contributed by atoms with Gasteiger partial charge in [-0.3, -0.25) is 9.59 Å². The van der Waals surface area contributed by atoms with Crippen molar-refractivity contribution >= 4 is 23.2 Å². The maximum atomic E-state index is 12.1. The summed E-state index contributed by atoms with van der Waals surface area (Å²) in [5.74, 6) is -0.255. The first kappa shape index (κ1) is 15.3. The second kappa shape index (κ2) is 6.14. The monoisotopic (exact) mass is 304 g/mol. The van der Waals surface area contributed by atoms with E-state index in [4.69, 9.17) is 11.6 Å². The molecule has 21 heavy (non-hydrogen) atoms. The highest BCUT2D eigenvalue weighted by molar-refractivity contribution is 6.30. The number of benzene rings is 1. The number of aryl methyl sites for hydroxylation is 3. The average molecular weight is 305 g/mol. The highest BCUT2D eigenvalue weighted by Crippen LogP contribution is 2.21. The highest BCUT2D eigenvalue weighted by Gasteiger charge is 2.09. The van der Waals surface area contributed by atoms with Gasteiger partial charge >= 0.3 is 0 Å². The van der Waals surface area contributed by atoms with E-state index in [2.05, 4.69) is 5.32 Å². The van der Waals surface area contributed by atoms with Crippen molar-refractivity contribution in [2.75, 3.05) is 5.32 Å². The Labute approximate surface area is 128 Å². The van der Waals surface area contributed by atoms with E-state index in [1.807, 2.05) is 32.9 Å². The third kappa shape index (κ3) is 3.73. The van der Waals surface area contributed by atoms with Crippen molar-refractivity contribution in [3.05, 3.63) is 62.5 Å². The van der Waals surface area contributed by atoms with E-state index in [9.17, 15) is 9.59 Å². The Balaban J connectivity index is 2.19. The molecule has 1 aromatic carbocycles. The fraction of sp³-hybridized carbons (Fsp3) is 0.250. The second-order valence-electron chi connectivity index (χ2n) is 5.14. The van der Waals surface area contributed by atoms with Gasteiger partial charge in [-0.15, -0.1) is 0 Å². The minimum Gasteiger partial charge on any atom is -0.324 e. The molecule has 0 saturated carbocycles. The minimum atomic E-state index is -0.257. The Hall–Kier alpha value is -2.07. The van der Waals surface area contributed by atoms with Gasteiger partial charge in [0.25, 0.3) is 5.56 Å². The number of hydrogen-bond donors (Lipinski definition) is 1. The van der Waals surface area contributed by atoms with Gasteiger partial charge < -0.3 is 9.88 Å². The molecule has 0 atom stereocenters. The molecule has 1 N–H and O–H groups in total. The Kier molecular flexibility index (Phi) is 4.48. The summed E-state index contributed by atoms with van der Waals surface area (Å²) >= 11 is 5.84. The van der Waals surface area contributed by atoms with Crippen molar-refractivity contribution in [1.29, 1.82) is 0 Å². The average Bonchev–Trinajstić information content (AvgIpc) is 2.38. The van der Waals surface area contributed by atoms with E-state index in [-0.39, 0.29) is 18.0 Å². The predicted molar refractivity (Wildman–Crippen MR) is 85.0 cm³/mol. The van der Waals surface area contributed by atoms with Gasteiger partial charge in [0.15, 0.2) is 0 Å². The normalized spacial score (nSPS) is 10.5. The molecule has 1 amide bonds. The molecule has 0 aliphatic heterocycles. The van der Waals surface area contributed by atoms with Gasteiger partial charge in [0.1, 0.15) is 6.54 Å². The Morgan fingerprint density at radius 3 is 2.43 bits per heavy atom. The van der Waals surface area contributed by atoms with E-state index in [1.54, 1.807) is 0 Å². The second-order valence-corrected chi connectivity index (χ2v) is 5.57. The molecule has 110 valence electrons. The van der Waals surface area contributed by atoms with Crippen molar-refractivity contribution in [2.24, 2.45) is 0 Å². The molecule has 0 radical (unpaired) electrons. The van der Waals surface area contributed by atoms with E-state index < -0.39 is 0 Å². The first-order valence-electron chi connectivity index (χ1n) is 6.60. The molecule has 2 aromatic rings. The van der Waals surface area contributed by atoms with Crippen molar-refractivity contribution in [1.82, 2.24) is 4.57 Å². The van der Waals surface area contributed by atoms with Crippen LogP contribution in [-0.2, 0) is 11.3 Å². The summed E-state index contributed by atoms with van der Waals surface area (Å²) in [6.07, 6.45) is 1.46. The maximum absolute atomic E-state index is 12.1. The third-order valence-corrected chi connectivity index (χ3v) is 3.43. The van der Waals surface area contributed by atoms with Crippen LogP contribution in [0.15, 0.2) is 35.3 Å². The molecule has 2 rings (SSSR count). The van der Waals surface area contributed by atoms with Crippen molar-refractivity contribution in [3.63, 3.8) is 0 Å². The molecule has 4 nitrogen and oxygen atoms in total. The summed E-state index contributed by atoms with van der Waals surface area (Å²) in [6.45, 7) is 5.84. The van der Waals surface area contributed by atoms with E-state index in [0.29, 0.717) is 5.02 Å². The number of nitrogens with zero attached hydrogens (tertiary/aromatic N) is 1. The fourth-order valence-electron chi connectivity index (χ4n) is 2.34. The van der Waals surface area contributed by atoms with Crippen LogP contribution in [0.4, 0.5) is 5.69 Å². The molecular formula is C16H17ClN2O2. The molecule has 0 bridgehead atoms. The van der Waals surface area contributed by atoms with Crippen LogP contribution in [0.5, 0.6) is 0 Å². The lowest BCUT2D eigenvalue weighted by atomic mass is 10.1. The Morgan fingerprint density at radius 2 is 1.81 bits per heavy atom. The van der Waals surface area contributed by atoms with E-state index in [1.165, 1.54) is 22.9 Å². The van der Waals surface area contributed by atoms with Crippen LogP contribution in [0.25, 0.3) is 0 Å². The molecular weight excluding hydrogens is 288 g/mol. The van der Waals surface area contributed by atoms with Crippen molar-refractivity contribution < 1.29 is 4.79 Å². The minimum absolute atomic E-state index is 0.0633. The van der Waals surface area contributed by atoms with Gasteiger partial charge in [-0.05, 0) is 38.0 Å². The lowest BCUT2D eigenvalue weighted by molar-refractivity contribution is -0.116. The van der Waals surface area contributed by atoms with Crippen LogP contribution in [-0.4, -0.2) is 10.5 Å². The number of anilines is 1. The van der Waals surface area contributed by atoms with Gasteiger partial charge in [0.05, 0.1) is 5.02 Å². The molecule has 0 fully saturated rings. The number of halogens is 1. The third-order valence-electron chi connectivity index (χ3n) is 3.20. The van der Waals surface area contributed by atoms with Gasteiger partial charge in [-0.25, -0.2) is 0 Å². The molecule has 0 aliphatic carbocycles. The molecule has 1 aromatic heterocycles. The number of hydrogen-bond acceptors (Lipinski definition) is 2. The molecule has 0 spiro atoms. The first-order valence-corrected chi connectivity index (χ1v) is 6.98. The van der Waals surface area contributed by atoms with Crippen LogP contribution >= 0.6 is 11.6 Å². The number of aromatic nitrogens is 1. The highest BCUT2D eigenvalue weighted by atomic mass is 35.5. The number of nitrogens with one attached hydrogen (secondary N) is 1. The molecule has 0 saturated heterocycles. The molecule has 5 heteroatoms. The largest absolute Gasteiger partial charge is 0.324 e. The Morgan fingerprint density at radius 1 is 1.19 bits per heavy atom. The topological polar surface area (TPSA) is 51.1 Å². The van der Waals surface area contributed by atoms with Crippen molar-refractivity contribution in [2.45, 2.75) is 27.3 Å². The van der Waals surface area contributed by atoms with Crippen LogP contribution < -0.4 is 10.9 Å². The maximum Gasteiger partial charge on any atom is 0.251 e. The predicted octanol–water partition coefficient (Wildman–Crippen LogP) is 3.07. The fourth-order valence-corrected chi connectivity index (χ4v) is 2.52. The lowest BCUT2D eigenvalue weighted by Crippen LogP contribution is -2.27. The number of carbonyl (C=O) groups is 1. The SMILES string of the molecule is Cc1cc(C)c(NC(=O)Cn2cc(Cl)ccc2=O)c(C)c1. The van der Waals surface area contributed by atoms with Gasteiger partial charge in [-0.2, -0.15) is 0 Å². The van der Waals surface area contributed by atoms with Gasteiger partial charge in [0, 0.05) is 18.0 Å². The zero-order chi connectivity index (χ0) is 15.6. The number of carbonyl (C=O) groups excluding carboxylic acids is 1. The zero-order valence-electron chi connectivity index (χ0n) is 12.2. The van der Waals surface area contributed by atoms with Crippen LogP contribution in [0.3, 0.4) is 0 Å². The standard InChI is InChI=1S/C16H17ClN2O2/c1-10-6-11(2)16(12(3)7-10)18-14(20)9-19-8-13(17)4-5-15(19)21/h4-8H,9H2,1-3H3,(H,18,20). The molecule has 0 unspecified atom stereocenters. The van der Waals surface area contributed by atoms with E-state index in [0.717, 1.165) is 22.4 Å². The van der Waals surface area contributed by atoms with Gasteiger partial charge in [0.2, 0.25) is 5.91 Å². The summed E-state index contributed by atoms with van der Waals surface area (Å²) in [6, 6.07) is 6.87. The smallest absolute Gasteiger partial charge is 0.251 e. The van der Waals surface area contributed by atoms with E-state index >= 15 is 0 Å². The van der Waals surface area contributed by atoms with Gasteiger partial charge in [-0.1, -0.05) is 29.3 Å². The summed E-state index contributed by atoms with van der Waals surface area (Å²) < 4.78 is 1.29. The lowest BCUT2D eigenvalue weighted by Gasteiger charge is -2.13. The zero-order valence-corrected chi connectivity index (χ0v) is 13.0. The Bertz CT molecular complexity index is 727. The first-order chi connectivity index (χ1) is 9.86. The number of pyridine rings is 1. The van der Waals surface area contributed by atoms with Crippen LogP contribution in [0.1, 0.15) is 16.7 Å². The quantitative estimate of drug-likeness (QED) is 0.947. The molecule has 1 heterocycles.